The molecule has 1 saturated heterocycles. The van der Waals surface area contributed by atoms with Crippen molar-refractivity contribution in [1.82, 2.24) is 4.90 Å². The van der Waals surface area contributed by atoms with Gasteiger partial charge in [0.2, 0.25) is 5.91 Å². The molecule has 5 heteroatoms. The predicted molar refractivity (Wildman–Crippen MR) is 111 cm³/mol. The van der Waals surface area contributed by atoms with E-state index < -0.39 is 0 Å². The third kappa shape index (κ3) is 4.53. The standard InChI is InChI=1S/C23H28N2O3/c1-17-6-4-9-21(18(17)2)24-12-14-25(15-13-24)23(27)11-10-22(26)19-7-5-8-20(16-19)28-3/h4-9,16H,10-15H2,1-3H3. The highest BCUT2D eigenvalue weighted by Gasteiger charge is 2.22. The molecule has 0 aromatic heterocycles. The van der Waals surface area contributed by atoms with Gasteiger partial charge in [0, 0.05) is 50.3 Å². The number of rotatable bonds is 6. The zero-order valence-electron chi connectivity index (χ0n) is 16.9. The number of anilines is 1. The lowest BCUT2D eigenvalue weighted by Gasteiger charge is -2.37. The lowest BCUT2D eigenvalue weighted by Crippen LogP contribution is -2.49. The average molecular weight is 380 g/mol. The monoisotopic (exact) mass is 380 g/mol. The molecule has 1 aliphatic heterocycles. The number of ether oxygens (including phenoxy) is 1. The topological polar surface area (TPSA) is 49.9 Å². The first-order chi connectivity index (χ1) is 13.5. The van der Waals surface area contributed by atoms with Crippen LogP contribution in [0.2, 0.25) is 0 Å². The molecule has 148 valence electrons. The van der Waals surface area contributed by atoms with Crippen LogP contribution in [0, 0.1) is 13.8 Å². The van der Waals surface area contributed by atoms with E-state index in [4.69, 9.17) is 4.74 Å². The third-order valence-corrected chi connectivity index (χ3v) is 5.51. The largest absolute Gasteiger partial charge is 0.497 e. The normalized spacial score (nSPS) is 14.1. The summed E-state index contributed by atoms with van der Waals surface area (Å²) in [4.78, 5) is 29.1. The Morgan fingerprint density at radius 1 is 0.964 bits per heavy atom. The summed E-state index contributed by atoms with van der Waals surface area (Å²) >= 11 is 0. The van der Waals surface area contributed by atoms with E-state index >= 15 is 0 Å². The third-order valence-electron chi connectivity index (χ3n) is 5.51. The van der Waals surface area contributed by atoms with Crippen LogP contribution in [-0.4, -0.2) is 49.9 Å². The van der Waals surface area contributed by atoms with E-state index in [9.17, 15) is 9.59 Å². The van der Waals surface area contributed by atoms with E-state index in [1.165, 1.54) is 16.8 Å². The zero-order chi connectivity index (χ0) is 20.1. The number of piperazine rings is 1. The Balaban J connectivity index is 1.51. The van der Waals surface area contributed by atoms with Gasteiger partial charge in [-0.1, -0.05) is 24.3 Å². The Labute approximate surface area is 166 Å². The van der Waals surface area contributed by atoms with Crippen molar-refractivity contribution in [2.75, 3.05) is 38.2 Å². The molecule has 1 amide bonds. The molecule has 0 spiro atoms. The summed E-state index contributed by atoms with van der Waals surface area (Å²) in [5, 5.41) is 0. The van der Waals surface area contributed by atoms with Crippen LogP contribution in [0.25, 0.3) is 0 Å². The van der Waals surface area contributed by atoms with Gasteiger partial charge < -0.3 is 14.5 Å². The minimum absolute atomic E-state index is 0.0266. The Morgan fingerprint density at radius 2 is 1.68 bits per heavy atom. The number of amides is 1. The molecule has 2 aromatic carbocycles. The van der Waals surface area contributed by atoms with Crippen LogP contribution >= 0.6 is 0 Å². The Bertz CT molecular complexity index is 855. The smallest absolute Gasteiger partial charge is 0.223 e. The number of ketones is 1. The maximum Gasteiger partial charge on any atom is 0.223 e. The Hall–Kier alpha value is -2.82. The molecule has 5 nitrogen and oxygen atoms in total. The first-order valence-electron chi connectivity index (χ1n) is 9.76. The molecule has 0 unspecified atom stereocenters. The molecule has 3 rings (SSSR count). The van der Waals surface area contributed by atoms with Crippen LogP contribution < -0.4 is 9.64 Å². The number of carbonyl (C=O) groups is 2. The van der Waals surface area contributed by atoms with Crippen molar-refractivity contribution in [3.63, 3.8) is 0 Å². The maximum atomic E-state index is 12.6. The summed E-state index contributed by atoms with van der Waals surface area (Å²) < 4.78 is 5.16. The highest BCUT2D eigenvalue weighted by molar-refractivity contribution is 5.98. The van der Waals surface area contributed by atoms with Crippen molar-refractivity contribution in [2.24, 2.45) is 0 Å². The summed E-state index contributed by atoms with van der Waals surface area (Å²) in [6.07, 6.45) is 0.475. The van der Waals surface area contributed by atoms with Crippen LogP contribution in [-0.2, 0) is 4.79 Å². The van der Waals surface area contributed by atoms with Gasteiger partial charge in [0.15, 0.2) is 5.78 Å². The van der Waals surface area contributed by atoms with Crippen LogP contribution in [0.4, 0.5) is 5.69 Å². The molecular weight excluding hydrogens is 352 g/mol. The van der Waals surface area contributed by atoms with Crippen molar-refractivity contribution in [1.29, 1.82) is 0 Å². The second kappa shape index (κ2) is 8.91. The van der Waals surface area contributed by atoms with Crippen molar-refractivity contribution >= 4 is 17.4 Å². The van der Waals surface area contributed by atoms with E-state index in [-0.39, 0.29) is 24.5 Å². The van der Waals surface area contributed by atoms with E-state index in [0.717, 1.165) is 13.1 Å². The predicted octanol–water partition coefficient (Wildman–Crippen LogP) is 3.62. The molecule has 2 aromatic rings. The highest BCUT2D eigenvalue weighted by atomic mass is 16.5. The van der Waals surface area contributed by atoms with Gasteiger partial charge in [-0.3, -0.25) is 9.59 Å². The van der Waals surface area contributed by atoms with Crippen LogP contribution in [0.3, 0.4) is 0 Å². The van der Waals surface area contributed by atoms with E-state index in [1.807, 2.05) is 4.90 Å². The molecular formula is C23H28N2O3. The summed E-state index contributed by atoms with van der Waals surface area (Å²) in [5.74, 6) is 0.679. The molecule has 1 aliphatic rings. The second-order valence-electron chi connectivity index (χ2n) is 7.24. The summed E-state index contributed by atoms with van der Waals surface area (Å²) in [5.41, 5.74) is 4.42. The van der Waals surface area contributed by atoms with Gasteiger partial charge in [0.1, 0.15) is 5.75 Å². The minimum Gasteiger partial charge on any atom is -0.497 e. The van der Waals surface area contributed by atoms with E-state index in [1.54, 1.807) is 31.4 Å². The maximum absolute atomic E-state index is 12.6. The molecule has 28 heavy (non-hydrogen) atoms. The van der Waals surface area contributed by atoms with Crippen LogP contribution in [0.15, 0.2) is 42.5 Å². The molecule has 0 atom stereocenters. The number of methoxy groups -OCH3 is 1. The molecule has 0 N–H and O–H groups in total. The quantitative estimate of drug-likeness (QED) is 0.718. The van der Waals surface area contributed by atoms with E-state index in [2.05, 4.69) is 36.9 Å². The fraction of sp³-hybridized carbons (Fsp3) is 0.391. The fourth-order valence-electron chi connectivity index (χ4n) is 3.59. The number of Topliss-reactive ketones (excluding diaryl/α,β-unsaturated/α-hetero) is 1. The van der Waals surface area contributed by atoms with Crippen molar-refractivity contribution in [3.05, 3.63) is 59.2 Å². The lowest BCUT2D eigenvalue weighted by molar-refractivity contribution is -0.131. The second-order valence-corrected chi connectivity index (χ2v) is 7.24. The number of aryl methyl sites for hydroxylation is 1. The van der Waals surface area contributed by atoms with Gasteiger partial charge in [-0.2, -0.15) is 0 Å². The summed E-state index contributed by atoms with van der Waals surface area (Å²) in [6, 6.07) is 13.4. The average Bonchev–Trinajstić information content (AvgIpc) is 2.74. The van der Waals surface area contributed by atoms with Crippen molar-refractivity contribution in [3.8, 4) is 5.75 Å². The van der Waals surface area contributed by atoms with Gasteiger partial charge >= 0.3 is 0 Å². The van der Waals surface area contributed by atoms with Gasteiger partial charge in [0.05, 0.1) is 7.11 Å². The van der Waals surface area contributed by atoms with Crippen LogP contribution in [0.1, 0.15) is 34.3 Å². The first-order valence-corrected chi connectivity index (χ1v) is 9.76. The molecule has 1 heterocycles. The number of nitrogens with zero attached hydrogens (tertiary/aromatic N) is 2. The van der Waals surface area contributed by atoms with Gasteiger partial charge in [-0.15, -0.1) is 0 Å². The Kier molecular flexibility index (Phi) is 6.34. The number of hydrogen-bond donors (Lipinski definition) is 0. The zero-order valence-corrected chi connectivity index (χ0v) is 16.9. The molecule has 1 fully saturated rings. The number of carbonyl (C=O) groups excluding carboxylic acids is 2. The Morgan fingerprint density at radius 3 is 2.39 bits per heavy atom. The number of benzene rings is 2. The molecule has 0 saturated carbocycles. The van der Waals surface area contributed by atoms with Gasteiger partial charge in [-0.05, 0) is 43.2 Å². The minimum atomic E-state index is -0.0266. The van der Waals surface area contributed by atoms with Gasteiger partial charge in [-0.25, -0.2) is 0 Å². The van der Waals surface area contributed by atoms with Crippen molar-refractivity contribution in [2.45, 2.75) is 26.7 Å². The SMILES string of the molecule is COc1cccc(C(=O)CCC(=O)N2CCN(c3cccc(C)c3C)CC2)c1. The van der Waals surface area contributed by atoms with Gasteiger partial charge in [0.25, 0.3) is 0 Å². The lowest BCUT2D eigenvalue weighted by atomic mass is 10.1. The summed E-state index contributed by atoms with van der Waals surface area (Å²) in [6.45, 7) is 7.29. The highest BCUT2D eigenvalue weighted by Crippen LogP contribution is 2.24. The molecule has 0 radical (unpaired) electrons. The van der Waals surface area contributed by atoms with Crippen LogP contribution in [0.5, 0.6) is 5.75 Å². The first kappa shape index (κ1) is 19.9. The number of hydrogen-bond acceptors (Lipinski definition) is 4. The fourth-order valence-corrected chi connectivity index (χ4v) is 3.59. The van der Waals surface area contributed by atoms with Crippen molar-refractivity contribution < 1.29 is 14.3 Å². The molecule has 0 aliphatic carbocycles. The molecule has 0 bridgehead atoms. The van der Waals surface area contributed by atoms with E-state index in [0.29, 0.717) is 24.4 Å². The summed E-state index contributed by atoms with van der Waals surface area (Å²) in [7, 11) is 1.57.